The Kier molecular flexibility index (Phi) is 5.04. The predicted octanol–water partition coefficient (Wildman–Crippen LogP) is 1.95. The lowest BCUT2D eigenvalue weighted by molar-refractivity contribution is -0.130. The maximum Gasteiger partial charge on any atom is 0.225 e. The summed E-state index contributed by atoms with van der Waals surface area (Å²) in [7, 11) is 0. The highest BCUT2D eigenvalue weighted by Gasteiger charge is 2.50. The number of amides is 1. The number of likely N-dealkylation sites (tertiary alicyclic amines) is 1. The normalized spacial score (nSPS) is 22.5. The summed E-state index contributed by atoms with van der Waals surface area (Å²) < 4.78 is 5.59. The van der Waals surface area contributed by atoms with Gasteiger partial charge in [-0.2, -0.15) is 0 Å². The van der Waals surface area contributed by atoms with Gasteiger partial charge in [-0.25, -0.2) is 0 Å². The van der Waals surface area contributed by atoms with Crippen molar-refractivity contribution in [1.29, 1.82) is 0 Å². The van der Waals surface area contributed by atoms with Crippen molar-refractivity contribution in [3.63, 3.8) is 0 Å². The lowest BCUT2D eigenvalue weighted by Crippen LogP contribution is -2.44. The fourth-order valence-corrected chi connectivity index (χ4v) is 4.36. The number of H-pyrrole nitrogens is 1. The highest BCUT2D eigenvalue weighted by Crippen LogP contribution is 2.44. The number of ether oxygens (including phenoxy) is 1. The molecule has 26 heavy (non-hydrogen) atoms. The fourth-order valence-electron chi connectivity index (χ4n) is 4.36. The van der Waals surface area contributed by atoms with E-state index in [0.717, 1.165) is 51.3 Å². The van der Waals surface area contributed by atoms with Crippen molar-refractivity contribution in [2.24, 2.45) is 11.3 Å². The SMILES string of the molecule is O=C(NCc1ccncc1)C1CN(Cc2ccc[nH]2)CC12CCOCC2. The van der Waals surface area contributed by atoms with E-state index in [1.165, 1.54) is 5.69 Å². The molecule has 0 bridgehead atoms. The summed E-state index contributed by atoms with van der Waals surface area (Å²) in [6, 6.07) is 8.01. The molecule has 0 radical (unpaired) electrons. The highest BCUT2D eigenvalue weighted by atomic mass is 16.5. The Hall–Kier alpha value is -2.18. The first-order chi connectivity index (χ1) is 12.8. The molecule has 2 aromatic rings. The van der Waals surface area contributed by atoms with Crippen LogP contribution >= 0.6 is 0 Å². The summed E-state index contributed by atoms with van der Waals surface area (Å²) in [5, 5.41) is 3.15. The number of hydrogen-bond acceptors (Lipinski definition) is 4. The number of rotatable bonds is 5. The summed E-state index contributed by atoms with van der Waals surface area (Å²) in [6.45, 7) is 4.70. The second kappa shape index (κ2) is 7.60. The summed E-state index contributed by atoms with van der Waals surface area (Å²) in [5.74, 6) is 0.181. The van der Waals surface area contributed by atoms with Gasteiger partial charge in [0.25, 0.3) is 0 Å². The zero-order valence-electron chi connectivity index (χ0n) is 15.0. The van der Waals surface area contributed by atoms with Crippen molar-refractivity contribution in [1.82, 2.24) is 20.2 Å². The predicted molar refractivity (Wildman–Crippen MR) is 98.1 cm³/mol. The molecule has 6 heteroatoms. The van der Waals surface area contributed by atoms with Gasteiger partial charge in [-0.3, -0.25) is 14.7 Å². The van der Waals surface area contributed by atoms with Crippen LogP contribution in [0.5, 0.6) is 0 Å². The minimum Gasteiger partial charge on any atom is -0.381 e. The molecule has 1 atom stereocenters. The quantitative estimate of drug-likeness (QED) is 0.861. The zero-order valence-corrected chi connectivity index (χ0v) is 15.0. The molecule has 0 saturated carbocycles. The smallest absolute Gasteiger partial charge is 0.225 e. The van der Waals surface area contributed by atoms with Gasteiger partial charge in [-0.1, -0.05) is 0 Å². The van der Waals surface area contributed by atoms with Gasteiger partial charge in [0.15, 0.2) is 0 Å². The number of aromatic amines is 1. The minimum atomic E-state index is 0.0169. The van der Waals surface area contributed by atoms with E-state index in [-0.39, 0.29) is 17.2 Å². The molecular formula is C20H26N4O2. The first-order valence-electron chi connectivity index (χ1n) is 9.34. The van der Waals surface area contributed by atoms with Crippen LogP contribution in [0.1, 0.15) is 24.1 Å². The number of aromatic nitrogens is 2. The molecule has 2 aliphatic rings. The fraction of sp³-hybridized carbons (Fsp3) is 0.500. The topological polar surface area (TPSA) is 70.2 Å². The van der Waals surface area contributed by atoms with Gasteiger partial charge in [0.1, 0.15) is 0 Å². The lowest BCUT2D eigenvalue weighted by atomic mass is 9.71. The third kappa shape index (κ3) is 3.66. The third-order valence-electron chi connectivity index (χ3n) is 5.80. The molecule has 4 heterocycles. The van der Waals surface area contributed by atoms with Crippen molar-refractivity contribution >= 4 is 5.91 Å². The van der Waals surface area contributed by atoms with Gasteiger partial charge in [0.2, 0.25) is 5.91 Å². The average molecular weight is 354 g/mol. The van der Waals surface area contributed by atoms with E-state index >= 15 is 0 Å². The molecule has 4 rings (SSSR count). The van der Waals surface area contributed by atoms with Crippen LogP contribution in [0.25, 0.3) is 0 Å². The average Bonchev–Trinajstić information content (AvgIpc) is 3.30. The van der Waals surface area contributed by atoms with Crippen molar-refractivity contribution in [2.75, 3.05) is 26.3 Å². The van der Waals surface area contributed by atoms with Crippen LogP contribution in [0, 0.1) is 11.3 Å². The number of carbonyl (C=O) groups excluding carboxylic acids is 1. The Bertz CT molecular complexity index is 711. The van der Waals surface area contributed by atoms with Gasteiger partial charge < -0.3 is 15.0 Å². The first-order valence-corrected chi connectivity index (χ1v) is 9.34. The molecule has 1 amide bonds. The van der Waals surface area contributed by atoms with Crippen LogP contribution < -0.4 is 5.32 Å². The number of nitrogens with zero attached hydrogens (tertiary/aromatic N) is 2. The van der Waals surface area contributed by atoms with Crippen molar-refractivity contribution in [3.05, 3.63) is 54.1 Å². The largest absolute Gasteiger partial charge is 0.381 e. The van der Waals surface area contributed by atoms with Crippen LogP contribution in [0.2, 0.25) is 0 Å². The van der Waals surface area contributed by atoms with Crippen LogP contribution in [0.15, 0.2) is 42.9 Å². The van der Waals surface area contributed by atoms with E-state index in [2.05, 4.69) is 26.3 Å². The molecule has 6 nitrogen and oxygen atoms in total. The molecule has 1 unspecified atom stereocenters. The van der Waals surface area contributed by atoms with Crippen molar-refractivity contribution in [2.45, 2.75) is 25.9 Å². The maximum atomic E-state index is 13.0. The molecule has 2 aromatic heterocycles. The van der Waals surface area contributed by atoms with E-state index in [4.69, 9.17) is 4.74 Å². The summed E-state index contributed by atoms with van der Waals surface area (Å²) in [5.41, 5.74) is 2.31. The second-order valence-electron chi connectivity index (χ2n) is 7.47. The van der Waals surface area contributed by atoms with E-state index in [1.54, 1.807) is 12.4 Å². The molecule has 2 aliphatic heterocycles. The van der Waals surface area contributed by atoms with E-state index in [9.17, 15) is 4.79 Å². The van der Waals surface area contributed by atoms with E-state index < -0.39 is 0 Å². The number of nitrogens with one attached hydrogen (secondary N) is 2. The Labute approximate surface area is 154 Å². The molecule has 1 spiro atoms. The second-order valence-corrected chi connectivity index (χ2v) is 7.47. The monoisotopic (exact) mass is 354 g/mol. The molecule has 2 saturated heterocycles. The highest BCUT2D eigenvalue weighted by molar-refractivity contribution is 5.80. The molecule has 0 aromatic carbocycles. The number of carbonyl (C=O) groups is 1. The van der Waals surface area contributed by atoms with Crippen LogP contribution in [0.4, 0.5) is 0 Å². The number of pyridine rings is 1. The zero-order chi connectivity index (χ0) is 17.8. The lowest BCUT2D eigenvalue weighted by Gasteiger charge is -2.37. The van der Waals surface area contributed by atoms with E-state index in [0.29, 0.717) is 6.54 Å². The molecule has 2 N–H and O–H groups in total. The Morgan fingerprint density at radius 2 is 2.12 bits per heavy atom. The van der Waals surface area contributed by atoms with Crippen molar-refractivity contribution < 1.29 is 9.53 Å². The van der Waals surface area contributed by atoms with Gasteiger partial charge in [-0.05, 0) is 42.7 Å². The van der Waals surface area contributed by atoms with Gasteiger partial charge in [0, 0.05) is 69.1 Å². The van der Waals surface area contributed by atoms with E-state index in [1.807, 2.05) is 24.4 Å². The Morgan fingerprint density at radius 3 is 2.85 bits per heavy atom. The van der Waals surface area contributed by atoms with Crippen LogP contribution in [-0.4, -0.2) is 47.1 Å². The summed E-state index contributed by atoms with van der Waals surface area (Å²) in [6.07, 6.45) is 7.39. The first kappa shape index (κ1) is 17.2. The van der Waals surface area contributed by atoms with Gasteiger partial charge in [0.05, 0.1) is 5.92 Å². The molecule has 138 valence electrons. The third-order valence-corrected chi connectivity index (χ3v) is 5.80. The summed E-state index contributed by atoms with van der Waals surface area (Å²) in [4.78, 5) is 22.7. The molecule has 2 fully saturated rings. The van der Waals surface area contributed by atoms with Crippen LogP contribution in [0.3, 0.4) is 0 Å². The number of hydrogen-bond donors (Lipinski definition) is 2. The molecular weight excluding hydrogens is 328 g/mol. The van der Waals surface area contributed by atoms with Crippen LogP contribution in [-0.2, 0) is 22.6 Å². The Morgan fingerprint density at radius 1 is 1.31 bits per heavy atom. The summed E-state index contributed by atoms with van der Waals surface area (Å²) >= 11 is 0. The standard InChI is InChI=1S/C20H26N4O2/c25-19(23-12-16-3-8-21-9-4-16)18-14-24(13-17-2-1-7-22-17)15-20(18)5-10-26-11-6-20/h1-4,7-9,18,22H,5-6,10-15H2,(H,23,25). The van der Waals surface area contributed by atoms with Gasteiger partial charge in [-0.15, -0.1) is 0 Å². The Balaban J connectivity index is 1.45. The molecule has 0 aliphatic carbocycles. The minimum absolute atomic E-state index is 0.0169. The van der Waals surface area contributed by atoms with Gasteiger partial charge >= 0.3 is 0 Å². The maximum absolute atomic E-state index is 13.0. The van der Waals surface area contributed by atoms with Crippen molar-refractivity contribution in [3.8, 4) is 0 Å².